The second-order valence-corrected chi connectivity index (χ2v) is 7.53. The lowest BCUT2D eigenvalue weighted by Gasteiger charge is -2.26. The predicted octanol–water partition coefficient (Wildman–Crippen LogP) is -0.0765. The SMILES string of the molecule is COc1ccc(/C=C/C(=O)[C@H](C#N)C(N)=O)cc1S(=O)(=O)N1CCOCC1. The first-order valence-electron chi connectivity index (χ1n) is 7.98. The van der Waals surface area contributed by atoms with Crippen LogP contribution in [0.25, 0.3) is 6.08 Å². The summed E-state index contributed by atoms with van der Waals surface area (Å²) >= 11 is 0. The second-order valence-electron chi connectivity index (χ2n) is 5.63. The molecule has 9 nitrogen and oxygen atoms in total. The third-order valence-corrected chi connectivity index (χ3v) is 5.83. The predicted molar refractivity (Wildman–Crippen MR) is 94.9 cm³/mol. The molecule has 27 heavy (non-hydrogen) atoms. The van der Waals surface area contributed by atoms with Gasteiger partial charge in [-0.1, -0.05) is 12.1 Å². The van der Waals surface area contributed by atoms with Crippen molar-refractivity contribution in [1.82, 2.24) is 4.31 Å². The van der Waals surface area contributed by atoms with Crippen molar-refractivity contribution in [1.29, 1.82) is 5.26 Å². The molecule has 0 spiro atoms. The number of rotatable bonds is 7. The Morgan fingerprint density at radius 1 is 1.37 bits per heavy atom. The molecule has 10 heteroatoms. The molecule has 2 N–H and O–H groups in total. The van der Waals surface area contributed by atoms with E-state index in [-0.39, 0.29) is 23.7 Å². The van der Waals surface area contributed by atoms with E-state index < -0.39 is 27.6 Å². The summed E-state index contributed by atoms with van der Waals surface area (Å²) in [6, 6.07) is 5.90. The van der Waals surface area contributed by atoms with Gasteiger partial charge in [0.1, 0.15) is 10.6 Å². The van der Waals surface area contributed by atoms with Crippen LogP contribution in [0.1, 0.15) is 5.56 Å². The Morgan fingerprint density at radius 2 is 2.04 bits per heavy atom. The van der Waals surface area contributed by atoms with Crippen molar-refractivity contribution < 1.29 is 27.5 Å². The Hall–Kier alpha value is -2.74. The van der Waals surface area contributed by atoms with Crippen molar-refractivity contribution in [3.8, 4) is 11.8 Å². The van der Waals surface area contributed by atoms with Crippen LogP contribution in [0, 0.1) is 17.2 Å². The minimum atomic E-state index is -3.82. The number of methoxy groups -OCH3 is 1. The first-order chi connectivity index (χ1) is 12.8. The molecule has 2 rings (SSSR count). The fourth-order valence-corrected chi connectivity index (χ4v) is 4.07. The molecule has 0 aromatic heterocycles. The van der Waals surface area contributed by atoms with Gasteiger partial charge < -0.3 is 15.2 Å². The molecule has 0 aliphatic carbocycles. The highest BCUT2D eigenvalue weighted by atomic mass is 32.2. The molecule has 0 radical (unpaired) electrons. The summed E-state index contributed by atoms with van der Waals surface area (Å²) in [5.41, 5.74) is 5.38. The van der Waals surface area contributed by atoms with Crippen LogP contribution in [0.15, 0.2) is 29.2 Å². The number of nitrogens with zero attached hydrogens (tertiary/aromatic N) is 2. The van der Waals surface area contributed by atoms with E-state index in [0.29, 0.717) is 18.8 Å². The second kappa shape index (κ2) is 8.77. The Bertz CT molecular complexity index is 898. The van der Waals surface area contributed by atoms with Crippen LogP contribution in [0.3, 0.4) is 0 Å². The Kier molecular flexibility index (Phi) is 6.68. The summed E-state index contributed by atoms with van der Waals surface area (Å²) in [6.45, 7) is 1.07. The number of morpholine rings is 1. The highest BCUT2D eigenvalue weighted by Crippen LogP contribution is 2.28. The van der Waals surface area contributed by atoms with Crippen LogP contribution in [0.2, 0.25) is 0 Å². The number of hydrogen-bond donors (Lipinski definition) is 1. The maximum atomic E-state index is 12.9. The molecule has 144 valence electrons. The number of ether oxygens (including phenoxy) is 2. The van der Waals surface area contributed by atoms with E-state index in [1.54, 1.807) is 6.07 Å². The maximum absolute atomic E-state index is 12.9. The molecule has 1 atom stereocenters. The number of nitrogens with two attached hydrogens (primary N) is 1. The average Bonchev–Trinajstić information content (AvgIpc) is 2.67. The van der Waals surface area contributed by atoms with Crippen molar-refractivity contribution in [3.05, 3.63) is 29.8 Å². The fraction of sp³-hybridized carbons (Fsp3) is 0.353. The fourth-order valence-electron chi connectivity index (χ4n) is 2.47. The Balaban J connectivity index is 2.35. The molecule has 0 unspecified atom stereocenters. The largest absolute Gasteiger partial charge is 0.495 e. The topological polar surface area (TPSA) is 140 Å². The molecular formula is C17H19N3O6S. The van der Waals surface area contributed by atoms with Gasteiger partial charge in [0.05, 0.1) is 26.4 Å². The first kappa shape index (κ1) is 20.6. The third-order valence-electron chi connectivity index (χ3n) is 3.91. The number of hydrogen-bond acceptors (Lipinski definition) is 7. The quantitative estimate of drug-likeness (QED) is 0.505. The van der Waals surface area contributed by atoms with E-state index in [0.717, 1.165) is 6.08 Å². The van der Waals surface area contributed by atoms with Gasteiger partial charge in [-0.25, -0.2) is 8.42 Å². The van der Waals surface area contributed by atoms with Crippen molar-refractivity contribution >= 4 is 27.8 Å². The molecule has 1 aliphatic rings. The monoisotopic (exact) mass is 393 g/mol. The standard InChI is InChI=1S/C17H19N3O6S/c1-25-15-5-3-12(2-4-14(21)13(11-18)17(19)22)10-16(15)27(23,24)20-6-8-26-9-7-20/h2-5,10,13H,6-9H2,1H3,(H2,19,22)/b4-2+/t13-/m0/s1. The lowest BCUT2D eigenvalue weighted by Crippen LogP contribution is -2.40. The number of primary amides is 1. The van der Waals surface area contributed by atoms with Gasteiger partial charge in [0.25, 0.3) is 0 Å². The zero-order valence-corrected chi connectivity index (χ0v) is 15.4. The summed E-state index contributed by atoms with van der Waals surface area (Å²) in [5.74, 6) is -3.25. The number of nitriles is 1. The summed E-state index contributed by atoms with van der Waals surface area (Å²) in [6.07, 6.45) is 2.33. The molecule has 1 heterocycles. The molecule has 0 saturated carbocycles. The van der Waals surface area contributed by atoms with Crippen LogP contribution in [0.5, 0.6) is 5.75 Å². The number of benzene rings is 1. The molecule has 1 amide bonds. The Labute approximate surface area is 157 Å². The smallest absolute Gasteiger partial charge is 0.246 e. The van der Waals surface area contributed by atoms with Gasteiger partial charge in [-0.2, -0.15) is 9.57 Å². The van der Waals surface area contributed by atoms with E-state index in [1.165, 1.54) is 35.7 Å². The summed E-state index contributed by atoms with van der Waals surface area (Å²) in [4.78, 5) is 22.9. The van der Waals surface area contributed by atoms with Gasteiger partial charge in [0, 0.05) is 13.1 Å². The van der Waals surface area contributed by atoms with Crippen LogP contribution in [0.4, 0.5) is 0 Å². The van der Waals surface area contributed by atoms with E-state index in [2.05, 4.69) is 0 Å². The van der Waals surface area contributed by atoms with Crippen LogP contribution >= 0.6 is 0 Å². The first-order valence-corrected chi connectivity index (χ1v) is 9.42. The van der Waals surface area contributed by atoms with Gasteiger partial charge in [-0.15, -0.1) is 0 Å². The van der Waals surface area contributed by atoms with Gasteiger partial charge in [0.2, 0.25) is 15.9 Å². The minimum Gasteiger partial charge on any atom is -0.495 e. The zero-order chi connectivity index (χ0) is 20.0. The van der Waals surface area contributed by atoms with Crippen molar-refractivity contribution in [2.45, 2.75) is 4.90 Å². The number of carbonyl (C=O) groups is 2. The van der Waals surface area contributed by atoms with E-state index in [9.17, 15) is 18.0 Å². The summed E-state index contributed by atoms with van der Waals surface area (Å²) in [5, 5.41) is 8.81. The van der Waals surface area contributed by atoms with Crippen molar-refractivity contribution in [3.63, 3.8) is 0 Å². The lowest BCUT2D eigenvalue weighted by atomic mass is 10.0. The molecule has 1 aromatic carbocycles. The van der Waals surface area contributed by atoms with E-state index in [1.807, 2.05) is 0 Å². The molecule has 0 bridgehead atoms. The highest BCUT2D eigenvalue weighted by molar-refractivity contribution is 7.89. The van der Waals surface area contributed by atoms with E-state index in [4.69, 9.17) is 20.5 Å². The zero-order valence-electron chi connectivity index (χ0n) is 14.6. The van der Waals surface area contributed by atoms with Crippen molar-refractivity contribution in [2.24, 2.45) is 11.7 Å². The van der Waals surface area contributed by atoms with Gasteiger partial charge >= 0.3 is 0 Å². The molecular weight excluding hydrogens is 374 g/mol. The van der Waals surface area contributed by atoms with Gasteiger partial charge in [0.15, 0.2) is 11.7 Å². The van der Waals surface area contributed by atoms with Crippen molar-refractivity contribution in [2.75, 3.05) is 33.4 Å². The average molecular weight is 393 g/mol. The normalized spacial score (nSPS) is 16.6. The highest BCUT2D eigenvalue weighted by Gasteiger charge is 2.29. The van der Waals surface area contributed by atoms with Gasteiger partial charge in [-0.05, 0) is 23.8 Å². The molecule has 1 saturated heterocycles. The molecule has 1 aliphatic heterocycles. The minimum absolute atomic E-state index is 0.0479. The lowest BCUT2D eigenvalue weighted by molar-refractivity contribution is -0.127. The summed E-state index contributed by atoms with van der Waals surface area (Å²) < 4.78 is 37.4. The van der Waals surface area contributed by atoms with Crippen LogP contribution in [-0.4, -0.2) is 57.8 Å². The van der Waals surface area contributed by atoms with Crippen LogP contribution < -0.4 is 10.5 Å². The summed E-state index contributed by atoms with van der Waals surface area (Å²) in [7, 11) is -2.46. The Morgan fingerprint density at radius 3 is 2.59 bits per heavy atom. The number of amides is 1. The number of sulfonamides is 1. The molecule has 1 aromatic rings. The molecule has 1 fully saturated rings. The third kappa shape index (κ3) is 4.71. The number of ketones is 1. The van der Waals surface area contributed by atoms with E-state index >= 15 is 0 Å². The number of allylic oxidation sites excluding steroid dienone is 1. The number of carbonyl (C=O) groups excluding carboxylic acids is 2. The van der Waals surface area contributed by atoms with Crippen LogP contribution in [-0.2, 0) is 24.3 Å². The van der Waals surface area contributed by atoms with Gasteiger partial charge in [-0.3, -0.25) is 9.59 Å². The maximum Gasteiger partial charge on any atom is 0.246 e.